The lowest BCUT2D eigenvalue weighted by Crippen LogP contribution is -2.40. The number of nitrogens with zero attached hydrogens (tertiary/aromatic N) is 1. The SMILES string of the molecule is O=C(O)C1CCCN1C(=O)c1c[c]ccc1. The normalized spacial score (nSPS) is 19.8. The van der Waals surface area contributed by atoms with Crippen LogP contribution in [0.1, 0.15) is 23.2 Å². The maximum absolute atomic E-state index is 12.0. The predicted molar refractivity (Wildman–Crippen MR) is 57.0 cm³/mol. The number of carbonyl (C=O) groups excluding carboxylic acids is 1. The third kappa shape index (κ3) is 1.91. The van der Waals surface area contributed by atoms with E-state index < -0.39 is 12.0 Å². The molecular weight excluding hydrogens is 206 g/mol. The summed E-state index contributed by atoms with van der Waals surface area (Å²) in [6.45, 7) is 0.519. The third-order valence-corrected chi connectivity index (χ3v) is 2.75. The maximum Gasteiger partial charge on any atom is 0.326 e. The van der Waals surface area contributed by atoms with Crippen LogP contribution in [0.5, 0.6) is 0 Å². The fourth-order valence-electron chi connectivity index (χ4n) is 1.96. The number of rotatable bonds is 2. The molecule has 1 unspecified atom stereocenters. The number of likely N-dealkylation sites (tertiary alicyclic amines) is 1. The standard InChI is InChI=1S/C12H12NO3/c14-11(9-5-2-1-3-6-9)13-8-4-7-10(13)12(15)16/h1-2,5-6,10H,4,7-8H2,(H,15,16). The average molecular weight is 218 g/mol. The molecule has 1 atom stereocenters. The van der Waals surface area contributed by atoms with E-state index in [-0.39, 0.29) is 5.91 Å². The molecule has 16 heavy (non-hydrogen) atoms. The smallest absolute Gasteiger partial charge is 0.326 e. The van der Waals surface area contributed by atoms with Crippen LogP contribution < -0.4 is 0 Å². The molecule has 1 amide bonds. The lowest BCUT2D eigenvalue weighted by molar-refractivity contribution is -0.141. The fraction of sp³-hybridized carbons (Fsp3) is 0.333. The number of carboxylic acid groups (broad SMARTS) is 1. The number of aliphatic carboxylic acids is 1. The van der Waals surface area contributed by atoms with E-state index >= 15 is 0 Å². The first-order valence-corrected chi connectivity index (χ1v) is 5.20. The van der Waals surface area contributed by atoms with Gasteiger partial charge in [0.25, 0.3) is 5.91 Å². The summed E-state index contributed by atoms with van der Waals surface area (Å²) in [5.41, 5.74) is 0.496. The summed E-state index contributed by atoms with van der Waals surface area (Å²) >= 11 is 0. The predicted octanol–water partition coefficient (Wildman–Crippen LogP) is 1.18. The van der Waals surface area contributed by atoms with Gasteiger partial charge in [0.05, 0.1) is 0 Å². The number of carboxylic acids is 1. The van der Waals surface area contributed by atoms with E-state index in [4.69, 9.17) is 5.11 Å². The van der Waals surface area contributed by atoms with Crippen molar-refractivity contribution in [3.8, 4) is 0 Å². The Kier molecular flexibility index (Phi) is 2.90. The number of carbonyl (C=O) groups is 2. The van der Waals surface area contributed by atoms with Gasteiger partial charge in [-0.05, 0) is 31.0 Å². The zero-order valence-corrected chi connectivity index (χ0v) is 8.72. The summed E-state index contributed by atoms with van der Waals surface area (Å²) in [4.78, 5) is 24.4. The number of amides is 1. The summed E-state index contributed by atoms with van der Waals surface area (Å²) in [5, 5.41) is 8.98. The molecule has 1 aromatic rings. The Hall–Kier alpha value is -1.84. The minimum absolute atomic E-state index is 0.221. The van der Waals surface area contributed by atoms with Gasteiger partial charge in [0.15, 0.2) is 0 Å². The van der Waals surface area contributed by atoms with Crippen LogP contribution in [-0.4, -0.2) is 34.5 Å². The van der Waals surface area contributed by atoms with Gasteiger partial charge in [-0.3, -0.25) is 4.79 Å². The molecule has 1 aromatic carbocycles. The van der Waals surface area contributed by atoms with Crippen molar-refractivity contribution in [2.24, 2.45) is 0 Å². The summed E-state index contributed by atoms with van der Waals surface area (Å²) in [7, 11) is 0. The minimum Gasteiger partial charge on any atom is -0.480 e. The molecule has 1 fully saturated rings. The van der Waals surface area contributed by atoms with E-state index in [1.807, 2.05) is 0 Å². The Labute approximate surface area is 93.5 Å². The molecule has 0 bridgehead atoms. The number of benzene rings is 1. The highest BCUT2D eigenvalue weighted by Crippen LogP contribution is 2.20. The van der Waals surface area contributed by atoms with Crippen molar-refractivity contribution in [3.63, 3.8) is 0 Å². The Bertz CT molecular complexity index is 402. The average Bonchev–Trinajstić information content (AvgIpc) is 2.78. The van der Waals surface area contributed by atoms with Gasteiger partial charge in [-0.15, -0.1) is 0 Å². The van der Waals surface area contributed by atoms with E-state index in [0.717, 1.165) is 6.42 Å². The topological polar surface area (TPSA) is 57.6 Å². The first kappa shape index (κ1) is 10.7. The molecule has 83 valence electrons. The van der Waals surface area contributed by atoms with E-state index in [9.17, 15) is 9.59 Å². The van der Waals surface area contributed by atoms with Crippen LogP contribution in [0.3, 0.4) is 0 Å². The van der Waals surface area contributed by atoms with E-state index in [1.54, 1.807) is 24.3 Å². The summed E-state index contributed by atoms with van der Waals surface area (Å²) < 4.78 is 0. The Morgan fingerprint density at radius 3 is 2.94 bits per heavy atom. The van der Waals surface area contributed by atoms with Crippen LogP contribution in [-0.2, 0) is 4.79 Å². The van der Waals surface area contributed by atoms with Crippen molar-refractivity contribution in [2.75, 3.05) is 6.54 Å². The van der Waals surface area contributed by atoms with Gasteiger partial charge >= 0.3 is 5.97 Å². The molecule has 1 radical (unpaired) electrons. The molecule has 4 nitrogen and oxygen atoms in total. The van der Waals surface area contributed by atoms with Gasteiger partial charge in [0, 0.05) is 12.1 Å². The highest BCUT2D eigenvalue weighted by molar-refractivity contribution is 5.96. The molecule has 1 aliphatic heterocycles. The lowest BCUT2D eigenvalue weighted by Gasteiger charge is -2.21. The number of hydrogen-bond acceptors (Lipinski definition) is 2. The monoisotopic (exact) mass is 218 g/mol. The molecule has 0 spiro atoms. The second-order valence-corrected chi connectivity index (χ2v) is 3.79. The Morgan fingerprint density at radius 1 is 1.50 bits per heavy atom. The summed E-state index contributed by atoms with van der Waals surface area (Å²) in [6.07, 6.45) is 1.29. The molecule has 0 aromatic heterocycles. The fourth-order valence-corrected chi connectivity index (χ4v) is 1.96. The van der Waals surface area contributed by atoms with Crippen molar-refractivity contribution in [3.05, 3.63) is 35.9 Å². The van der Waals surface area contributed by atoms with Crippen LogP contribution in [0.4, 0.5) is 0 Å². The first-order valence-electron chi connectivity index (χ1n) is 5.20. The van der Waals surface area contributed by atoms with Crippen molar-refractivity contribution in [2.45, 2.75) is 18.9 Å². The molecule has 1 saturated heterocycles. The van der Waals surface area contributed by atoms with Crippen LogP contribution in [0.25, 0.3) is 0 Å². The molecule has 2 rings (SSSR count). The molecule has 0 aliphatic carbocycles. The molecule has 4 heteroatoms. The zero-order valence-electron chi connectivity index (χ0n) is 8.72. The van der Waals surface area contributed by atoms with Crippen molar-refractivity contribution in [1.82, 2.24) is 4.90 Å². The Morgan fingerprint density at radius 2 is 2.31 bits per heavy atom. The largest absolute Gasteiger partial charge is 0.480 e. The van der Waals surface area contributed by atoms with E-state index in [2.05, 4.69) is 6.07 Å². The van der Waals surface area contributed by atoms with Gasteiger partial charge in [0.1, 0.15) is 6.04 Å². The van der Waals surface area contributed by atoms with Crippen LogP contribution in [0, 0.1) is 6.07 Å². The minimum atomic E-state index is -0.925. The van der Waals surface area contributed by atoms with Crippen LogP contribution >= 0.6 is 0 Å². The van der Waals surface area contributed by atoms with Crippen LogP contribution in [0.2, 0.25) is 0 Å². The molecule has 0 saturated carbocycles. The second kappa shape index (κ2) is 4.35. The van der Waals surface area contributed by atoms with E-state index in [1.165, 1.54) is 4.90 Å². The first-order chi connectivity index (χ1) is 7.70. The van der Waals surface area contributed by atoms with Gasteiger partial charge in [0.2, 0.25) is 0 Å². The molecule has 1 heterocycles. The highest BCUT2D eigenvalue weighted by atomic mass is 16.4. The highest BCUT2D eigenvalue weighted by Gasteiger charge is 2.34. The summed E-state index contributed by atoms with van der Waals surface area (Å²) in [5.74, 6) is -1.15. The van der Waals surface area contributed by atoms with Gasteiger partial charge in [-0.25, -0.2) is 4.79 Å². The maximum atomic E-state index is 12.0. The molecular formula is C12H12NO3. The van der Waals surface area contributed by atoms with Crippen molar-refractivity contribution >= 4 is 11.9 Å². The van der Waals surface area contributed by atoms with Gasteiger partial charge < -0.3 is 10.0 Å². The third-order valence-electron chi connectivity index (χ3n) is 2.75. The molecule has 1 aliphatic rings. The van der Waals surface area contributed by atoms with E-state index in [0.29, 0.717) is 18.5 Å². The zero-order chi connectivity index (χ0) is 11.5. The Balaban J connectivity index is 2.19. The van der Waals surface area contributed by atoms with Crippen LogP contribution in [0.15, 0.2) is 24.3 Å². The molecule has 1 N–H and O–H groups in total. The van der Waals surface area contributed by atoms with Gasteiger partial charge in [-0.2, -0.15) is 0 Å². The lowest BCUT2D eigenvalue weighted by atomic mass is 10.1. The van der Waals surface area contributed by atoms with Crippen molar-refractivity contribution < 1.29 is 14.7 Å². The van der Waals surface area contributed by atoms with Gasteiger partial charge in [-0.1, -0.05) is 12.1 Å². The van der Waals surface area contributed by atoms with Crippen molar-refractivity contribution in [1.29, 1.82) is 0 Å². The summed E-state index contributed by atoms with van der Waals surface area (Å²) in [6, 6.07) is 8.83. The number of hydrogen-bond donors (Lipinski definition) is 1. The quantitative estimate of drug-likeness (QED) is 0.810. The second-order valence-electron chi connectivity index (χ2n) is 3.79.